The Kier molecular flexibility index (Phi) is 3.89. The lowest BCUT2D eigenvalue weighted by atomic mass is 9.44. The standard InChI is InChI=1S/C23H36O/c1-5-16-8-10-19-18-9-7-17-15-23(24,6-2)14-13-22(17,4)20(18)11-12-21(16,19)3/h2,16-20,24H,5,7-15H2,1,3-4H3/t16?,17?,18?,19?,20?,21?,22?,23-/m1/s1. The van der Waals surface area contributed by atoms with E-state index in [9.17, 15) is 5.11 Å². The monoisotopic (exact) mass is 328 g/mol. The Morgan fingerprint density at radius 1 is 0.958 bits per heavy atom. The first-order chi connectivity index (χ1) is 11.4. The molecule has 0 aromatic heterocycles. The van der Waals surface area contributed by atoms with E-state index >= 15 is 0 Å². The van der Waals surface area contributed by atoms with Gasteiger partial charge < -0.3 is 5.11 Å². The molecule has 1 N–H and O–H groups in total. The summed E-state index contributed by atoms with van der Waals surface area (Å²) in [6.45, 7) is 7.59. The van der Waals surface area contributed by atoms with Gasteiger partial charge >= 0.3 is 0 Å². The summed E-state index contributed by atoms with van der Waals surface area (Å²) in [5.74, 6) is 7.11. The molecule has 24 heavy (non-hydrogen) atoms. The van der Waals surface area contributed by atoms with Gasteiger partial charge in [-0.3, -0.25) is 0 Å². The van der Waals surface area contributed by atoms with Gasteiger partial charge in [0.15, 0.2) is 0 Å². The Morgan fingerprint density at radius 2 is 1.71 bits per heavy atom. The summed E-state index contributed by atoms with van der Waals surface area (Å²) >= 11 is 0. The largest absolute Gasteiger partial charge is 0.378 e. The molecule has 4 saturated carbocycles. The maximum absolute atomic E-state index is 10.7. The minimum atomic E-state index is -0.819. The van der Waals surface area contributed by atoms with E-state index in [1.807, 2.05) is 0 Å². The van der Waals surface area contributed by atoms with Crippen molar-refractivity contribution in [1.29, 1.82) is 0 Å². The topological polar surface area (TPSA) is 20.2 Å². The van der Waals surface area contributed by atoms with E-state index in [-0.39, 0.29) is 0 Å². The average Bonchev–Trinajstić information content (AvgIpc) is 2.92. The molecule has 0 amide bonds. The summed E-state index contributed by atoms with van der Waals surface area (Å²) in [6.07, 6.45) is 18.3. The zero-order valence-electron chi connectivity index (χ0n) is 16.0. The zero-order valence-corrected chi connectivity index (χ0v) is 16.0. The van der Waals surface area contributed by atoms with Crippen LogP contribution in [0.2, 0.25) is 0 Å². The van der Waals surface area contributed by atoms with Gasteiger partial charge in [0, 0.05) is 0 Å². The fraction of sp³-hybridized carbons (Fsp3) is 0.913. The third kappa shape index (κ3) is 2.18. The van der Waals surface area contributed by atoms with Crippen molar-refractivity contribution in [3.8, 4) is 12.3 Å². The van der Waals surface area contributed by atoms with Crippen LogP contribution in [-0.4, -0.2) is 10.7 Å². The zero-order chi connectivity index (χ0) is 17.2. The van der Waals surface area contributed by atoms with Gasteiger partial charge in [0.25, 0.3) is 0 Å². The molecule has 0 aromatic carbocycles. The molecule has 0 radical (unpaired) electrons. The minimum absolute atomic E-state index is 0.428. The Balaban J connectivity index is 1.60. The van der Waals surface area contributed by atoms with Gasteiger partial charge in [-0.2, -0.15) is 0 Å². The van der Waals surface area contributed by atoms with Crippen molar-refractivity contribution in [3.05, 3.63) is 0 Å². The molecule has 4 aliphatic rings. The van der Waals surface area contributed by atoms with Crippen LogP contribution in [0.5, 0.6) is 0 Å². The number of rotatable bonds is 1. The molecule has 7 unspecified atom stereocenters. The second-order valence-electron chi connectivity index (χ2n) is 10.3. The maximum atomic E-state index is 10.7. The summed E-state index contributed by atoms with van der Waals surface area (Å²) in [4.78, 5) is 0. The predicted molar refractivity (Wildman–Crippen MR) is 99.3 cm³/mol. The van der Waals surface area contributed by atoms with Crippen molar-refractivity contribution in [2.45, 2.75) is 90.6 Å². The van der Waals surface area contributed by atoms with E-state index in [0.29, 0.717) is 16.7 Å². The first kappa shape index (κ1) is 17.0. The van der Waals surface area contributed by atoms with Gasteiger partial charge in [-0.25, -0.2) is 0 Å². The Labute approximate surface area is 149 Å². The third-order valence-electron chi connectivity index (χ3n) is 9.68. The molecule has 4 fully saturated rings. The fourth-order valence-electron chi connectivity index (χ4n) is 8.16. The molecular formula is C23H36O. The highest BCUT2D eigenvalue weighted by atomic mass is 16.3. The number of hydrogen-bond acceptors (Lipinski definition) is 1. The summed E-state index contributed by atoms with van der Waals surface area (Å²) in [5, 5.41) is 10.7. The lowest BCUT2D eigenvalue weighted by Crippen LogP contribution is -2.55. The molecule has 8 atom stereocenters. The summed E-state index contributed by atoms with van der Waals surface area (Å²) < 4.78 is 0. The van der Waals surface area contributed by atoms with Crippen LogP contribution in [0.1, 0.15) is 85.0 Å². The van der Waals surface area contributed by atoms with Crippen molar-refractivity contribution in [2.24, 2.45) is 40.4 Å². The molecule has 1 heteroatoms. The second-order valence-corrected chi connectivity index (χ2v) is 10.3. The van der Waals surface area contributed by atoms with Crippen LogP contribution in [-0.2, 0) is 0 Å². The normalized spacial score (nSPS) is 56.7. The number of fused-ring (bicyclic) bond motifs is 5. The molecule has 0 heterocycles. The SMILES string of the molecule is C#C[C@@]1(O)CCC2(C)C(CCC3C4CCC(CC)C4(C)CCC32)C1. The first-order valence-electron chi connectivity index (χ1n) is 10.6. The molecular weight excluding hydrogens is 292 g/mol. The van der Waals surface area contributed by atoms with Crippen LogP contribution in [0, 0.1) is 52.8 Å². The predicted octanol–water partition coefficient (Wildman–Crippen LogP) is 5.42. The smallest absolute Gasteiger partial charge is 0.125 e. The lowest BCUT2D eigenvalue weighted by molar-refractivity contribution is -0.138. The molecule has 1 nitrogen and oxygen atoms in total. The van der Waals surface area contributed by atoms with E-state index in [0.717, 1.165) is 42.9 Å². The molecule has 0 aromatic rings. The van der Waals surface area contributed by atoms with Gasteiger partial charge in [-0.15, -0.1) is 6.42 Å². The summed E-state index contributed by atoms with van der Waals surface area (Å²) in [5.41, 5.74) is 0.228. The highest BCUT2D eigenvalue weighted by Crippen LogP contribution is 2.68. The van der Waals surface area contributed by atoms with E-state index < -0.39 is 5.60 Å². The average molecular weight is 329 g/mol. The van der Waals surface area contributed by atoms with Gasteiger partial charge in [0.2, 0.25) is 0 Å². The quantitative estimate of drug-likeness (QED) is 0.637. The second kappa shape index (κ2) is 5.51. The van der Waals surface area contributed by atoms with Crippen LogP contribution in [0.25, 0.3) is 0 Å². The van der Waals surface area contributed by atoms with E-state index in [2.05, 4.69) is 26.7 Å². The van der Waals surface area contributed by atoms with Gasteiger partial charge in [-0.05, 0) is 98.2 Å². The molecule has 4 aliphatic carbocycles. The number of aliphatic hydroxyl groups is 1. The van der Waals surface area contributed by atoms with Crippen molar-refractivity contribution < 1.29 is 5.11 Å². The first-order valence-corrected chi connectivity index (χ1v) is 10.6. The van der Waals surface area contributed by atoms with Crippen molar-refractivity contribution in [1.82, 2.24) is 0 Å². The third-order valence-corrected chi connectivity index (χ3v) is 9.68. The summed E-state index contributed by atoms with van der Waals surface area (Å²) in [7, 11) is 0. The molecule has 0 spiro atoms. The van der Waals surface area contributed by atoms with Gasteiger partial charge in [0.1, 0.15) is 5.60 Å². The summed E-state index contributed by atoms with van der Waals surface area (Å²) in [6, 6.07) is 0. The molecule has 0 bridgehead atoms. The fourth-order valence-corrected chi connectivity index (χ4v) is 8.16. The van der Waals surface area contributed by atoms with Crippen LogP contribution >= 0.6 is 0 Å². The van der Waals surface area contributed by atoms with Crippen LogP contribution in [0.15, 0.2) is 0 Å². The van der Waals surface area contributed by atoms with Crippen molar-refractivity contribution in [3.63, 3.8) is 0 Å². The maximum Gasteiger partial charge on any atom is 0.125 e. The highest BCUT2D eigenvalue weighted by molar-refractivity contribution is 5.16. The van der Waals surface area contributed by atoms with Crippen LogP contribution in [0.3, 0.4) is 0 Å². The Hall–Kier alpha value is -0.480. The minimum Gasteiger partial charge on any atom is -0.378 e. The van der Waals surface area contributed by atoms with E-state index in [4.69, 9.17) is 6.42 Å². The highest BCUT2D eigenvalue weighted by Gasteiger charge is 2.60. The van der Waals surface area contributed by atoms with Crippen molar-refractivity contribution in [2.75, 3.05) is 0 Å². The number of terminal acetylenes is 1. The Morgan fingerprint density at radius 3 is 2.42 bits per heavy atom. The molecule has 0 saturated heterocycles. The van der Waals surface area contributed by atoms with E-state index in [1.165, 1.54) is 44.9 Å². The van der Waals surface area contributed by atoms with Gasteiger partial charge in [-0.1, -0.05) is 33.1 Å². The Bertz CT molecular complexity index is 547. The van der Waals surface area contributed by atoms with Crippen molar-refractivity contribution >= 4 is 0 Å². The molecule has 134 valence electrons. The van der Waals surface area contributed by atoms with E-state index in [1.54, 1.807) is 0 Å². The van der Waals surface area contributed by atoms with Crippen LogP contribution < -0.4 is 0 Å². The lowest BCUT2D eigenvalue weighted by Gasteiger charge is -2.61. The molecule has 4 rings (SSSR count). The van der Waals surface area contributed by atoms with Crippen LogP contribution in [0.4, 0.5) is 0 Å². The number of hydrogen-bond donors (Lipinski definition) is 1. The van der Waals surface area contributed by atoms with Gasteiger partial charge in [0.05, 0.1) is 0 Å². The molecule has 0 aliphatic heterocycles.